The van der Waals surface area contributed by atoms with Crippen LogP contribution < -0.4 is 4.90 Å². The highest BCUT2D eigenvalue weighted by atomic mass is 16.5. The third kappa shape index (κ3) is 3.25. The quantitative estimate of drug-likeness (QED) is 0.709. The van der Waals surface area contributed by atoms with Gasteiger partial charge in [-0.3, -0.25) is 9.69 Å². The van der Waals surface area contributed by atoms with E-state index in [0.29, 0.717) is 31.6 Å². The van der Waals surface area contributed by atoms with Crippen molar-refractivity contribution in [2.75, 3.05) is 51.4 Å². The van der Waals surface area contributed by atoms with Crippen LogP contribution in [0.1, 0.15) is 24.5 Å². The van der Waals surface area contributed by atoms with Crippen LogP contribution in [0.2, 0.25) is 0 Å². The third-order valence-corrected chi connectivity index (χ3v) is 5.75. The zero-order chi connectivity index (χ0) is 18.4. The monoisotopic (exact) mass is 372 g/mol. The smallest absolute Gasteiger partial charge is 0.319 e. The lowest BCUT2D eigenvalue weighted by Gasteiger charge is -2.32. The van der Waals surface area contributed by atoms with Gasteiger partial charge < -0.3 is 14.4 Å². The van der Waals surface area contributed by atoms with Gasteiger partial charge >= 0.3 is 5.97 Å². The minimum absolute atomic E-state index is 0.136. The molecule has 1 aliphatic carbocycles. The molecule has 2 saturated heterocycles. The Morgan fingerprint density at radius 2 is 2.19 bits per heavy atom. The molecule has 0 radical (unpaired) electrons. The first-order valence-corrected chi connectivity index (χ1v) is 9.56. The molecule has 0 aromatic carbocycles. The average molecular weight is 372 g/mol. The fourth-order valence-electron chi connectivity index (χ4n) is 4.19. The summed E-state index contributed by atoms with van der Waals surface area (Å²) < 4.78 is 12.6. The van der Waals surface area contributed by atoms with E-state index in [4.69, 9.17) is 9.47 Å². The normalized spacial score (nSPS) is 26.2. The number of fused-ring (bicyclic) bond motifs is 4. The van der Waals surface area contributed by atoms with E-state index < -0.39 is 0 Å². The Kier molecular flexibility index (Phi) is 4.20. The largest absolute Gasteiger partial charge is 0.468 e. The van der Waals surface area contributed by atoms with Crippen molar-refractivity contribution in [3.63, 3.8) is 0 Å². The van der Waals surface area contributed by atoms with Gasteiger partial charge in [-0.15, -0.1) is 10.2 Å². The SMILES string of the molecule is COC(=O)CN1C[C@H]2COC[C@@H]1CN(c1cc(C3CC3)nn3cnnc13)C2. The molecule has 2 atom stereocenters. The van der Waals surface area contributed by atoms with E-state index in [-0.39, 0.29) is 12.0 Å². The van der Waals surface area contributed by atoms with Crippen LogP contribution in [0.3, 0.4) is 0 Å². The van der Waals surface area contributed by atoms with Gasteiger partial charge in [0.1, 0.15) is 6.33 Å². The zero-order valence-corrected chi connectivity index (χ0v) is 15.5. The van der Waals surface area contributed by atoms with Crippen molar-refractivity contribution in [3.05, 3.63) is 18.1 Å². The Hall–Kier alpha value is -2.26. The minimum atomic E-state index is -0.200. The summed E-state index contributed by atoms with van der Waals surface area (Å²) in [7, 11) is 1.44. The van der Waals surface area contributed by atoms with Crippen LogP contribution in [-0.4, -0.2) is 83.2 Å². The van der Waals surface area contributed by atoms with Crippen molar-refractivity contribution < 1.29 is 14.3 Å². The van der Waals surface area contributed by atoms with E-state index in [9.17, 15) is 4.79 Å². The van der Waals surface area contributed by atoms with Crippen LogP contribution in [0.15, 0.2) is 12.4 Å². The molecule has 4 heterocycles. The number of carbonyl (C=O) groups excluding carboxylic acids is 1. The second-order valence-corrected chi connectivity index (χ2v) is 7.80. The van der Waals surface area contributed by atoms with Gasteiger partial charge in [0.25, 0.3) is 0 Å². The van der Waals surface area contributed by atoms with Crippen LogP contribution in [0.25, 0.3) is 5.65 Å². The highest BCUT2D eigenvalue weighted by Crippen LogP contribution is 2.40. The standard InChI is InChI=1S/C18H24N6O3/c1-26-17(25)8-22-5-12-6-23(7-14(22)10-27-9-12)16-4-15(13-2-3-13)21-24-11-19-20-18(16)24/h4,11-14H,2-3,5-10H2,1H3/t12-,14+/m1/s1. The molecule has 2 bridgehead atoms. The van der Waals surface area contributed by atoms with Gasteiger partial charge in [-0.1, -0.05) is 0 Å². The number of ether oxygens (including phenoxy) is 2. The Labute approximate surface area is 157 Å². The number of aromatic nitrogens is 4. The molecule has 144 valence electrons. The molecular weight excluding hydrogens is 348 g/mol. The molecule has 0 amide bonds. The molecular formula is C18H24N6O3. The van der Waals surface area contributed by atoms with Crippen molar-refractivity contribution in [2.24, 2.45) is 5.92 Å². The van der Waals surface area contributed by atoms with Crippen molar-refractivity contribution in [1.82, 2.24) is 24.7 Å². The van der Waals surface area contributed by atoms with Gasteiger partial charge in [0.05, 0.1) is 44.3 Å². The van der Waals surface area contributed by atoms with Gasteiger partial charge in [0, 0.05) is 31.5 Å². The number of rotatable bonds is 4. The zero-order valence-electron chi connectivity index (χ0n) is 15.5. The van der Waals surface area contributed by atoms with E-state index in [1.54, 1.807) is 10.8 Å². The van der Waals surface area contributed by atoms with Crippen LogP contribution in [-0.2, 0) is 14.3 Å². The van der Waals surface area contributed by atoms with E-state index in [1.807, 2.05) is 0 Å². The van der Waals surface area contributed by atoms with Crippen LogP contribution in [0, 0.1) is 5.92 Å². The first kappa shape index (κ1) is 16.9. The summed E-state index contributed by atoms with van der Waals surface area (Å²) in [5.74, 6) is 0.678. The lowest BCUT2D eigenvalue weighted by molar-refractivity contribution is -0.142. The molecule has 9 heteroatoms. The molecule has 0 unspecified atom stereocenters. The molecule has 9 nitrogen and oxygen atoms in total. The summed E-state index contributed by atoms with van der Waals surface area (Å²) in [6, 6.07) is 2.32. The number of methoxy groups -OCH3 is 1. The third-order valence-electron chi connectivity index (χ3n) is 5.75. The Bertz CT molecular complexity index is 851. The van der Waals surface area contributed by atoms with Crippen LogP contribution >= 0.6 is 0 Å². The number of carbonyl (C=O) groups is 1. The predicted octanol–water partition coefficient (Wildman–Crippen LogP) is 0.312. The molecule has 2 aromatic rings. The molecule has 27 heavy (non-hydrogen) atoms. The van der Waals surface area contributed by atoms with E-state index in [1.165, 1.54) is 20.0 Å². The molecule has 0 N–H and O–H groups in total. The average Bonchev–Trinajstić information content (AvgIpc) is 3.44. The molecule has 1 saturated carbocycles. The maximum atomic E-state index is 11.9. The highest BCUT2D eigenvalue weighted by molar-refractivity contribution is 5.72. The van der Waals surface area contributed by atoms with Gasteiger partial charge in [0.15, 0.2) is 0 Å². The number of esters is 1. The number of nitrogens with zero attached hydrogens (tertiary/aromatic N) is 6. The molecule has 2 aromatic heterocycles. The van der Waals surface area contributed by atoms with E-state index >= 15 is 0 Å². The topological polar surface area (TPSA) is 85.1 Å². The van der Waals surface area contributed by atoms with Gasteiger partial charge in [-0.05, 0) is 18.9 Å². The van der Waals surface area contributed by atoms with Crippen LogP contribution in [0.4, 0.5) is 5.69 Å². The van der Waals surface area contributed by atoms with Gasteiger partial charge in [-0.25, -0.2) is 0 Å². The van der Waals surface area contributed by atoms with E-state index in [0.717, 1.165) is 36.7 Å². The predicted molar refractivity (Wildman–Crippen MR) is 96.7 cm³/mol. The molecule has 0 spiro atoms. The first-order valence-electron chi connectivity index (χ1n) is 9.56. The van der Waals surface area contributed by atoms with Crippen molar-refractivity contribution >= 4 is 17.3 Å². The van der Waals surface area contributed by atoms with Gasteiger partial charge in [-0.2, -0.15) is 9.61 Å². The first-order chi connectivity index (χ1) is 13.2. The minimum Gasteiger partial charge on any atom is -0.468 e. The molecule has 5 rings (SSSR count). The Morgan fingerprint density at radius 3 is 3.00 bits per heavy atom. The fourth-order valence-corrected chi connectivity index (χ4v) is 4.19. The molecule has 3 fully saturated rings. The summed E-state index contributed by atoms with van der Waals surface area (Å²) in [6.45, 7) is 4.11. The maximum Gasteiger partial charge on any atom is 0.319 e. The highest BCUT2D eigenvalue weighted by Gasteiger charge is 2.36. The summed E-state index contributed by atoms with van der Waals surface area (Å²) in [6.07, 6.45) is 4.08. The fraction of sp³-hybridized carbons (Fsp3) is 0.667. The lowest BCUT2D eigenvalue weighted by atomic mass is 10.1. The van der Waals surface area contributed by atoms with Crippen LogP contribution in [0.5, 0.6) is 0 Å². The van der Waals surface area contributed by atoms with Crippen molar-refractivity contribution in [1.29, 1.82) is 0 Å². The lowest BCUT2D eigenvalue weighted by Crippen LogP contribution is -2.46. The Balaban J connectivity index is 1.48. The van der Waals surface area contributed by atoms with E-state index in [2.05, 4.69) is 31.2 Å². The summed E-state index contributed by atoms with van der Waals surface area (Å²) in [5.41, 5.74) is 3.00. The summed E-state index contributed by atoms with van der Waals surface area (Å²) >= 11 is 0. The Morgan fingerprint density at radius 1 is 1.30 bits per heavy atom. The van der Waals surface area contributed by atoms with Gasteiger partial charge in [0.2, 0.25) is 5.65 Å². The number of anilines is 1. The number of hydrogen-bond donors (Lipinski definition) is 0. The summed E-state index contributed by atoms with van der Waals surface area (Å²) in [4.78, 5) is 16.4. The summed E-state index contributed by atoms with van der Waals surface area (Å²) in [5, 5.41) is 13.1. The second-order valence-electron chi connectivity index (χ2n) is 7.80. The van der Waals surface area contributed by atoms with Crippen molar-refractivity contribution in [3.8, 4) is 0 Å². The second kappa shape index (κ2) is 6.72. The molecule has 3 aliphatic rings. The maximum absolute atomic E-state index is 11.9. The number of hydrogen-bond acceptors (Lipinski definition) is 8. The molecule has 2 aliphatic heterocycles. The van der Waals surface area contributed by atoms with Crippen molar-refractivity contribution in [2.45, 2.75) is 24.8 Å².